The molecule has 1 fully saturated rings. The van der Waals surface area contributed by atoms with Crippen molar-refractivity contribution in [3.63, 3.8) is 0 Å². The molecule has 1 aliphatic heterocycles. The van der Waals surface area contributed by atoms with Crippen LogP contribution in [0.4, 0.5) is 0 Å². The summed E-state index contributed by atoms with van der Waals surface area (Å²) in [7, 11) is 0. The molecule has 0 unspecified atom stereocenters. The van der Waals surface area contributed by atoms with Crippen molar-refractivity contribution in [2.75, 3.05) is 26.2 Å². The predicted molar refractivity (Wildman–Crippen MR) is 93.3 cm³/mol. The zero-order valence-electron chi connectivity index (χ0n) is 13.4. The third-order valence-corrected chi connectivity index (χ3v) is 4.24. The third-order valence-electron chi connectivity index (χ3n) is 4.24. The van der Waals surface area contributed by atoms with E-state index in [1.165, 1.54) is 25.7 Å². The monoisotopic (exact) mass is 309 g/mol. The number of hydrogen-bond acceptors (Lipinski definition) is 2. The van der Waals surface area contributed by atoms with E-state index in [0.717, 1.165) is 30.5 Å². The summed E-state index contributed by atoms with van der Waals surface area (Å²) in [5.41, 5.74) is 1.56. The van der Waals surface area contributed by atoms with E-state index >= 15 is 0 Å². The summed E-state index contributed by atoms with van der Waals surface area (Å²) in [6.07, 6.45) is 5.23. The highest BCUT2D eigenvalue weighted by molar-refractivity contribution is 5.98. The summed E-state index contributed by atoms with van der Waals surface area (Å²) in [6, 6.07) is 9.74. The lowest BCUT2D eigenvalue weighted by atomic mass is 10.2. The number of likely N-dealkylation sites (tertiary alicyclic amines) is 1. The van der Waals surface area contributed by atoms with Gasteiger partial charge in [0.05, 0.1) is 13.1 Å². The highest BCUT2D eigenvalue weighted by Crippen LogP contribution is 2.14. The normalized spacial score (nSPS) is 15.7. The molecule has 1 saturated heterocycles. The molecule has 23 heavy (non-hydrogen) atoms. The molecule has 0 aliphatic carbocycles. The number of nitrogens with zero attached hydrogens (tertiary/aromatic N) is 1. The molecular weight excluding hydrogens is 286 g/mol. The fourth-order valence-corrected chi connectivity index (χ4v) is 2.94. The van der Waals surface area contributed by atoms with Crippen molar-refractivity contribution in [2.45, 2.75) is 25.7 Å². The average Bonchev–Trinajstić information content (AvgIpc) is 2.84. The van der Waals surface area contributed by atoms with Crippen LogP contribution in [-0.4, -0.2) is 42.0 Å². The molecule has 1 amide bonds. The molecule has 4 nitrogen and oxygen atoms in total. The lowest BCUT2D eigenvalue weighted by Crippen LogP contribution is -2.26. The van der Waals surface area contributed by atoms with E-state index in [4.69, 9.17) is 0 Å². The Hall–Kier alpha value is -2.25. The van der Waals surface area contributed by atoms with Gasteiger partial charge >= 0.3 is 0 Å². The van der Waals surface area contributed by atoms with Crippen LogP contribution in [0, 0.1) is 11.8 Å². The fourth-order valence-electron chi connectivity index (χ4n) is 2.94. The highest BCUT2D eigenvalue weighted by Gasteiger charge is 2.08. The van der Waals surface area contributed by atoms with Gasteiger partial charge in [0.2, 0.25) is 0 Å². The van der Waals surface area contributed by atoms with E-state index < -0.39 is 0 Å². The SMILES string of the molecule is O=C(NCC#CCN1CCCCCC1)c1cc2ccccc2[nH]1. The standard InChI is InChI=1S/C19H23N3O/c23-19(18-15-16-9-3-4-10-17(16)21-18)20-11-5-8-14-22-12-6-1-2-7-13-22/h3-4,9-10,15,21H,1-2,6-7,11-14H2,(H,20,23). The van der Waals surface area contributed by atoms with Gasteiger partial charge in [0, 0.05) is 10.9 Å². The summed E-state index contributed by atoms with van der Waals surface area (Å²) < 4.78 is 0. The van der Waals surface area contributed by atoms with Crippen molar-refractivity contribution in [3.8, 4) is 11.8 Å². The van der Waals surface area contributed by atoms with Gasteiger partial charge in [-0.3, -0.25) is 9.69 Å². The van der Waals surface area contributed by atoms with Crippen molar-refractivity contribution >= 4 is 16.8 Å². The number of rotatable bonds is 3. The third kappa shape index (κ3) is 4.37. The first-order valence-corrected chi connectivity index (χ1v) is 8.37. The number of para-hydroxylation sites is 1. The Kier molecular flexibility index (Phi) is 5.33. The molecule has 2 N–H and O–H groups in total. The van der Waals surface area contributed by atoms with Crippen LogP contribution in [0.1, 0.15) is 36.2 Å². The highest BCUT2D eigenvalue weighted by atomic mass is 16.1. The second-order valence-corrected chi connectivity index (χ2v) is 6.00. The summed E-state index contributed by atoms with van der Waals surface area (Å²) in [4.78, 5) is 17.6. The number of amides is 1. The number of H-pyrrole nitrogens is 1. The van der Waals surface area contributed by atoms with E-state index in [-0.39, 0.29) is 5.91 Å². The zero-order valence-corrected chi connectivity index (χ0v) is 13.4. The molecule has 120 valence electrons. The van der Waals surface area contributed by atoms with Crippen molar-refractivity contribution in [1.82, 2.24) is 15.2 Å². The van der Waals surface area contributed by atoms with Crippen LogP contribution in [0.2, 0.25) is 0 Å². The molecule has 2 aromatic rings. The summed E-state index contributed by atoms with van der Waals surface area (Å²) in [5, 5.41) is 3.89. The lowest BCUT2D eigenvalue weighted by Gasteiger charge is -2.15. The molecular formula is C19H23N3O. The quantitative estimate of drug-likeness (QED) is 0.857. The number of aromatic nitrogens is 1. The van der Waals surface area contributed by atoms with E-state index in [2.05, 4.69) is 27.0 Å². The van der Waals surface area contributed by atoms with Gasteiger partial charge < -0.3 is 10.3 Å². The van der Waals surface area contributed by atoms with E-state index in [1.807, 2.05) is 30.3 Å². The molecule has 0 atom stereocenters. The number of nitrogens with one attached hydrogen (secondary N) is 2. The Balaban J connectivity index is 1.46. The summed E-state index contributed by atoms with van der Waals surface area (Å²) >= 11 is 0. The molecule has 3 rings (SSSR count). The second-order valence-electron chi connectivity index (χ2n) is 6.00. The number of carbonyl (C=O) groups is 1. The van der Waals surface area contributed by atoms with Crippen molar-refractivity contribution in [1.29, 1.82) is 0 Å². The summed E-state index contributed by atoms with van der Waals surface area (Å²) in [5.74, 6) is 6.11. The number of aromatic amines is 1. The van der Waals surface area contributed by atoms with Crippen LogP contribution in [0.3, 0.4) is 0 Å². The summed E-state index contributed by atoms with van der Waals surface area (Å²) in [6.45, 7) is 3.50. The van der Waals surface area contributed by atoms with Crippen LogP contribution in [0.25, 0.3) is 10.9 Å². The Morgan fingerprint density at radius 3 is 2.70 bits per heavy atom. The molecule has 0 saturated carbocycles. The van der Waals surface area contributed by atoms with Crippen LogP contribution in [-0.2, 0) is 0 Å². The Bertz CT molecular complexity index is 682. The smallest absolute Gasteiger partial charge is 0.268 e. The first-order chi connectivity index (χ1) is 11.3. The first-order valence-electron chi connectivity index (χ1n) is 8.37. The topological polar surface area (TPSA) is 48.1 Å². The van der Waals surface area contributed by atoms with Gasteiger partial charge in [-0.2, -0.15) is 0 Å². The second kappa shape index (κ2) is 7.85. The van der Waals surface area contributed by atoms with Gasteiger partial charge in [0.25, 0.3) is 5.91 Å². The molecule has 1 aromatic heterocycles. The van der Waals surface area contributed by atoms with Gasteiger partial charge in [-0.25, -0.2) is 0 Å². The number of carbonyl (C=O) groups excluding carboxylic acids is 1. The maximum atomic E-state index is 12.1. The Morgan fingerprint density at radius 2 is 1.91 bits per heavy atom. The molecule has 1 aliphatic rings. The van der Waals surface area contributed by atoms with Crippen molar-refractivity contribution < 1.29 is 4.79 Å². The maximum absolute atomic E-state index is 12.1. The largest absolute Gasteiger partial charge is 0.351 e. The number of fused-ring (bicyclic) bond motifs is 1. The average molecular weight is 309 g/mol. The van der Waals surface area contributed by atoms with E-state index in [1.54, 1.807) is 0 Å². The minimum absolute atomic E-state index is 0.106. The Morgan fingerprint density at radius 1 is 1.13 bits per heavy atom. The maximum Gasteiger partial charge on any atom is 0.268 e. The molecule has 0 radical (unpaired) electrons. The first kappa shape index (κ1) is 15.6. The number of hydrogen-bond donors (Lipinski definition) is 2. The van der Waals surface area contributed by atoms with Gasteiger partial charge in [-0.15, -0.1) is 0 Å². The van der Waals surface area contributed by atoms with Crippen LogP contribution in [0.5, 0.6) is 0 Å². The molecule has 2 heterocycles. The van der Waals surface area contributed by atoms with Crippen molar-refractivity contribution in [3.05, 3.63) is 36.0 Å². The van der Waals surface area contributed by atoms with Crippen molar-refractivity contribution in [2.24, 2.45) is 0 Å². The minimum atomic E-state index is -0.106. The van der Waals surface area contributed by atoms with E-state index in [0.29, 0.717) is 12.2 Å². The predicted octanol–water partition coefficient (Wildman–Crippen LogP) is 2.78. The molecule has 0 spiro atoms. The van der Waals surface area contributed by atoms with Gasteiger partial charge in [0.15, 0.2) is 0 Å². The van der Waals surface area contributed by atoms with Crippen LogP contribution < -0.4 is 5.32 Å². The molecule has 0 bridgehead atoms. The van der Waals surface area contributed by atoms with Gasteiger partial charge in [-0.1, -0.05) is 42.9 Å². The zero-order chi connectivity index (χ0) is 15.9. The molecule has 1 aromatic carbocycles. The minimum Gasteiger partial charge on any atom is -0.351 e. The van der Waals surface area contributed by atoms with Gasteiger partial charge in [-0.05, 0) is 38.1 Å². The number of benzene rings is 1. The van der Waals surface area contributed by atoms with E-state index in [9.17, 15) is 4.79 Å². The van der Waals surface area contributed by atoms with Gasteiger partial charge in [0.1, 0.15) is 5.69 Å². The fraction of sp³-hybridized carbons (Fsp3) is 0.421. The van der Waals surface area contributed by atoms with Crippen LogP contribution >= 0.6 is 0 Å². The lowest BCUT2D eigenvalue weighted by molar-refractivity contribution is 0.0954. The van der Waals surface area contributed by atoms with Crippen LogP contribution in [0.15, 0.2) is 30.3 Å². The molecule has 4 heteroatoms. The Labute approximate surface area is 137 Å².